The summed E-state index contributed by atoms with van der Waals surface area (Å²) < 4.78 is 52.8. The van der Waals surface area contributed by atoms with Gasteiger partial charge in [0.25, 0.3) is 0 Å². The maximum Gasteiger partial charge on any atom is 0.243 e. The summed E-state index contributed by atoms with van der Waals surface area (Å²) >= 11 is 0. The smallest absolute Gasteiger partial charge is 0.243 e. The molecular weight excluding hydrogens is 362 g/mol. The third-order valence-electron chi connectivity index (χ3n) is 4.41. The molecule has 1 aliphatic heterocycles. The minimum Gasteiger partial charge on any atom is -0.369 e. The second-order valence-corrected chi connectivity index (χ2v) is 8.01. The van der Waals surface area contributed by atoms with Gasteiger partial charge in [0, 0.05) is 37.4 Å². The Balaban J connectivity index is 1.71. The summed E-state index contributed by atoms with van der Waals surface area (Å²) in [5.41, 5.74) is 1.52. The molecule has 0 N–H and O–H groups in total. The molecule has 138 valence electrons. The average Bonchev–Trinajstić information content (AvgIpc) is 2.64. The van der Waals surface area contributed by atoms with Gasteiger partial charge >= 0.3 is 0 Å². The van der Waals surface area contributed by atoms with E-state index in [4.69, 9.17) is 0 Å². The normalized spacial score (nSPS) is 15.9. The van der Waals surface area contributed by atoms with Crippen LogP contribution in [0.3, 0.4) is 0 Å². The van der Waals surface area contributed by atoms with E-state index in [2.05, 4.69) is 0 Å². The predicted octanol–water partition coefficient (Wildman–Crippen LogP) is 2.68. The molecule has 26 heavy (non-hydrogen) atoms. The molecule has 0 unspecified atom stereocenters. The Morgan fingerprint density at radius 3 is 2.08 bits per heavy atom. The Labute approximate surface area is 150 Å². The standard InChI is InChI=1S/C18H18F2N2O3S/c1-13(23)14-2-4-15(5-3-14)21-8-10-22(11-9-21)26(24,25)16-6-7-17(19)18(20)12-16/h2-7,12H,8-11H2,1H3. The van der Waals surface area contributed by atoms with Crippen molar-refractivity contribution in [1.82, 2.24) is 4.31 Å². The van der Waals surface area contributed by atoms with Crippen molar-refractivity contribution in [1.29, 1.82) is 0 Å². The lowest BCUT2D eigenvalue weighted by Gasteiger charge is -2.35. The Morgan fingerprint density at radius 1 is 0.923 bits per heavy atom. The van der Waals surface area contributed by atoms with Crippen molar-refractivity contribution in [3.05, 3.63) is 59.7 Å². The topological polar surface area (TPSA) is 57.7 Å². The molecule has 0 atom stereocenters. The number of anilines is 1. The Bertz CT molecular complexity index is 922. The van der Waals surface area contributed by atoms with Gasteiger partial charge in [0.05, 0.1) is 4.90 Å². The molecular formula is C18H18F2N2O3S. The van der Waals surface area contributed by atoms with E-state index in [0.717, 1.165) is 17.8 Å². The van der Waals surface area contributed by atoms with E-state index in [1.807, 2.05) is 17.0 Å². The molecule has 0 aromatic heterocycles. The number of carbonyl (C=O) groups excluding carboxylic acids is 1. The fourth-order valence-electron chi connectivity index (χ4n) is 2.88. The summed E-state index contributed by atoms with van der Waals surface area (Å²) in [6.07, 6.45) is 0. The largest absolute Gasteiger partial charge is 0.369 e. The molecule has 0 saturated carbocycles. The highest BCUT2D eigenvalue weighted by Crippen LogP contribution is 2.22. The predicted molar refractivity (Wildman–Crippen MR) is 93.8 cm³/mol. The minimum absolute atomic E-state index is 0.0148. The van der Waals surface area contributed by atoms with Crippen molar-refractivity contribution in [3.63, 3.8) is 0 Å². The van der Waals surface area contributed by atoms with Crippen molar-refractivity contribution in [2.75, 3.05) is 31.1 Å². The van der Waals surface area contributed by atoms with Crippen LogP contribution in [0.25, 0.3) is 0 Å². The van der Waals surface area contributed by atoms with Gasteiger partial charge in [0.2, 0.25) is 10.0 Å². The zero-order valence-corrected chi connectivity index (χ0v) is 15.0. The Kier molecular flexibility index (Phi) is 5.06. The fourth-order valence-corrected chi connectivity index (χ4v) is 4.31. The summed E-state index contributed by atoms with van der Waals surface area (Å²) in [6, 6.07) is 9.73. The highest BCUT2D eigenvalue weighted by atomic mass is 32.2. The average molecular weight is 380 g/mol. The molecule has 1 aliphatic rings. The zero-order valence-electron chi connectivity index (χ0n) is 14.2. The van der Waals surface area contributed by atoms with Crippen molar-refractivity contribution in [3.8, 4) is 0 Å². The second-order valence-electron chi connectivity index (χ2n) is 6.07. The molecule has 0 radical (unpaired) electrons. The molecule has 1 heterocycles. The molecule has 5 nitrogen and oxygen atoms in total. The first kappa shape index (κ1) is 18.5. The van der Waals surface area contributed by atoms with Crippen molar-refractivity contribution < 1.29 is 22.0 Å². The monoisotopic (exact) mass is 380 g/mol. The van der Waals surface area contributed by atoms with Gasteiger partial charge < -0.3 is 4.90 Å². The molecule has 0 amide bonds. The van der Waals surface area contributed by atoms with E-state index < -0.39 is 21.7 Å². The van der Waals surface area contributed by atoms with Crippen LogP contribution in [-0.2, 0) is 10.0 Å². The Morgan fingerprint density at radius 2 is 1.54 bits per heavy atom. The minimum atomic E-state index is -3.87. The van der Waals surface area contributed by atoms with Gasteiger partial charge in [-0.15, -0.1) is 0 Å². The number of halogens is 2. The number of carbonyl (C=O) groups is 1. The van der Waals surface area contributed by atoms with Crippen molar-refractivity contribution >= 4 is 21.5 Å². The molecule has 3 rings (SSSR count). The van der Waals surface area contributed by atoms with E-state index in [1.54, 1.807) is 12.1 Å². The summed E-state index contributed by atoms with van der Waals surface area (Å²) in [6.45, 7) is 2.88. The van der Waals surface area contributed by atoms with Crippen LogP contribution in [0.2, 0.25) is 0 Å². The van der Waals surface area contributed by atoms with Crippen LogP contribution in [0.4, 0.5) is 14.5 Å². The number of hydrogen-bond donors (Lipinski definition) is 0. The third kappa shape index (κ3) is 3.61. The van der Waals surface area contributed by atoms with E-state index in [-0.39, 0.29) is 23.8 Å². The van der Waals surface area contributed by atoms with E-state index in [9.17, 15) is 22.0 Å². The van der Waals surface area contributed by atoms with E-state index >= 15 is 0 Å². The molecule has 2 aromatic rings. The summed E-state index contributed by atoms with van der Waals surface area (Å²) in [4.78, 5) is 13.1. The van der Waals surface area contributed by atoms with Gasteiger partial charge in [-0.3, -0.25) is 4.79 Å². The third-order valence-corrected chi connectivity index (χ3v) is 6.30. The number of benzene rings is 2. The van der Waals surface area contributed by atoms with Crippen LogP contribution in [0, 0.1) is 11.6 Å². The van der Waals surface area contributed by atoms with Crippen molar-refractivity contribution in [2.24, 2.45) is 0 Å². The first-order valence-electron chi connectivity index (χ1n) is 8.10. The number of ketones is 1. The molecule has 0 spiro atoms. The van der Waals surface area contributed by atoms with Crippen LogP contribution in [-0.4, -0.2) is 44.7 Å². The molecule has 1 fully saturated rings. The lowest BCUT2D eigenvalue weighted by Crippen LogP contribution is -2.48. The Hall–Kier alpha value is -2.32. The second kappa shape index (κ2) is 7.13. The maximum absolute atomic E-state index is 13.4. The van der Waals surface area contributed by atoms with Crippen LogP contribution in [0.15, 0.2) is 47.4 Å². The lowest BCUT2D eigenvalue weighted by molar-refractivity contribution is 0.101. The first-order valence-corrected chi connectivity index (χ1v) is 9.54. The van der Waals surface area contributed by atoms with Crippen LogP contribution >= 0.6 is 0 Å². The summed E-state index contributed by atoms with van der Waals surface area (Å²) in [5.74, 6) is -2.28. The first-order chi connectivity index (χ1) is 12.3. The number of nitrogens with zero attached hydrogens (tertiary/aromatic N) is 2. The van der Waals surface area contributed by atoms with E-state index in [0.29, 0.717) is 24.7 Å². The number of Topliss-reactive ketones (excluding diaryl/α,β-unsaturated/α-hetero) is 1. The van der Waals surface area contributed by atoms with Crippen LogP contribution in [0.5, 0.6) is 0 Å². The number of rotatable bonds is 4. The highest BCUT2D eigenvalue weighted by Gasteiger charge is 2.29. The number of piperazine rings is 1. The highest BCUT2D eigenvalue weighted by molar-refractivity contribution is 7.89. The molecule has 8 heteroatoms. The molecule has 0 aliphatic carbocycles. The quantitative estimate of drug-likeness (QED) is 0.766. The van der Waals surface area contributed by atoms with Crippen LogP contribution in [0.1, 0.15) is 17.3 Å². The summed E-state index contributed by atoms with van der Waals surface area (Å²) in [7, 11) is -3.87. The van der Waals surface area contributed by atoms with Crippen LogP contribution < -0.4 is 4.90 Å². The maximum atomic E-state index is 13.4. The summed E-state index contributed by atoms with van der Waals surface area (Å²) in [5, 5.41) is 0. The lowest BCUT2D eigenvalue weighted by atomic mass is 10.1. The van der Waals surface area contributed by atoms with Crippen molar-refractivity contribution in [2.45, 2.75) is 11.8 Å². The fraction of sp³-hybridized carbons (Fsp3) is 0.278. The van der Waals surface area contributed by atoms with Gasteiger partial charge in [-0.05, 0) is 49.4 Å². The van der Waals surface area contributed by atoms with E-state index in [1.165, 1.54) is 11.2 Å². The van der Waals surface area contributed by atoms with Gasteiger partial charge in [0.1, 0.15) is 0 Å². The SMILES string of the molecule is CC(=O)c1ccc(N2CCN(S(=O)(=O)c3ccc(F)c(F)c3)CC2)cc1. The van der Waals surface area contributed by atoms with Gasteiger partial charge in [-0.1, -0.05) is 0 Å². The number of hydrogen-bond acceptors (Lipinski definition) is 4. The molecule has 2 aromatic carbocycles. The van der Waals surface area contributed by atoms with Gasteiger partial charge in [-0.25, -0.2) is 17.2 Å². The molecule has 1 saturated heterocycles. The molecule has 0 bridgehead atoms. The van der Waals surface area contributed by atoms with Gasteiger partial charge in [0.15, 0.2) is 17.4 Å². The number of sulfonamides is 1. The zero-order chi connectivity index (χ0) is 18.9. The van der Waals surface area contributed by atoms with Gasteiger partial charge in [-0.2, -0.15) is 4.31 Å².